The molecule has 2 aromatic rings. The third kappa shape index (κ3) is 3.73. The minimum atomic E-state index is -0.536. The topological polar surface area (TPSA) is 42.0 Å². The van der Waals surface area contributed by atoms with E-state index in [0.29, 0.717) is 12.5 Å². The van der Waals surface area contributed by atoms with Gasteiger partial charge >= 0.3 is 0 Å². The standard InChI is InChI=1S/C19H24N2O/c1-14(2)13-21-18(22)19(3,4)17-7-5-15(6-8-17)16-9-11-20-12-10-16/h5-12,14H,13H2,1-4H3,(H,21,22). The first-order chi connectivity index (χ1) is 10.4. The predicted octanol–water partition coefficient (Wildman–Crippen LogP) is 3.80. The van der Waals surface area contributed by atoms with Crippen LogP contribution in [0.5, 0.6) is 0 Å². The number of carbonyl (C=O) groups is 1. The quantitative estimate of drug-likeness (QED) is 0.912. The van der Waals surface area contributed by atoms with Gasteiger partial charge in [0, 0.05) is 18.9 Å². The highest BCUT2D eigenvalue weighted by Gasteiger charge is 2.29. The molecule has 0 atom stereocenters. The van der Waals surface area contributed by atoms with Gasteiger partial charge in [-0.3, -0.25) is 9.78 Å². The predicted molar refractivity (Wildman–Crippen MR) is 90.5 cm³/mol. The molecule has 1 aromatic heterocycles. The molecule has 0 bridgehead atoms. The first-order valence-electron chi connectivity index (χ1n) is 7.70. The van der Waals surface area contributed by atoms with Gasteiger partial charge in [-0.25, -0.2) is 0 Å². The molecule has 0 saturated heterocycles. The normalized spacial score (nSPS) is 11.5. The molecule has 0 radical (unpaired) electrons. The van der Waals surface area contributed by atoms with E-state index in [-0.39, 0.29) is 5.91 Å². The maximum Gasteiger partial charge on any atom is 0.230 e. The second kappa shape index (κ2) is 6.73. The number of nitrogens with one attached hydrogen (secondary N) is 1. The summed E-state index contributed by atoms with van der Waals surface area (Å²) < 4.78 is 0. The van der Waals surface area contributed by atoms with Crippen molar-refractivity contribution in [2.45, 2.75) is 33.1 Å². The molecule has 0 aliphatic heterocycles. The maximum atomic E-state index is 12.4. The van der Waals surface area contributed by atoms with Crippen LogP contribution in [0.4, 0.5) is 0 Å². The largest absolute Gasteiger partial charge is 0.355 e. The van der Waals surface area contributed by atoms with Crippen molar-refractivity contribution >= 4 is 5.91 Å². The summed E-state index contributed by atoms with van der Waals surface area (Å²) in [6.07, 6.45) is 3.57. The van der Waals surface area contributed by atoms with Gasteiger partial charge in [0.05, 0.1) is 5.41 Å². The molecule has 0 fully saturated rings. The molecule has 1 N–H and O–H groups in total. The Hall–Kier alpha value is -2.16. The van der Waals surface area contributed by atoms with Gasteiger partial charge in [0.1, 0.15) is 0 Å². The second-order valence-corrected chi connectivity index (χ2v) is 6.54. The number of hydrogen-bond acceptors (Lipinski definition) is 2. The molecule has 1 heterocycles. The van der Waals surface area contributed by atoms with Gasteiger partial charge in [-0.1, -0.05) is 38.1 Å². The van der Waals surface area contributed by atoms with Gasteiger partial charge in [-0.05, 0) is 48.6 Å². The summed E-state index contributed by atoms with van der Waals surface area (Å²) in [5.74, 6) is 0.520. The number of pyridine rings is 1. The van der Waals surface area contributed by atoms with Crippen LogP contribution in [0, 0.1) is 5.92 Å². The van der Waals surface area contributed by atoms with Crippen molar-refractivity contribution in [3.05, 3.63) is 54.4 Å². The van der Waals surface area contributed by atoms with Crippen molar-refractivity contribution in [3.63, 3.8) is 0 Å². The molecular formula is C19H24N2O. The van der Waals surface area contributed by atoms with E-state index in [1.807, 2.05) is 38.1 Å². The van der Waals surface area contributed by atoms with Gasteiger partial charge in [0.15, 0.2) is 0 Å². The number of amides is 1. The molecule has 1 amide bonds. The average molecular weight is 296 g/mol. The Balaban J connectivity index is 2.17. The third-order valence-corrected chi connectivity index (χ3v) is 3.86. The molecule has 0 aliphatic rings. The van der Waals surface area contributed by atoms with E-state index in [2.05, 4.69) is 36.3 Å². The smallest absolute Gasteiger partial charge is 0.230 e. The summed E-state index contributed by atoms with van der Waals surface area (Å²) in [7, 11) is 0. The van der Waals surface area contributed by atoms with Crippen molar-refractivity contribution in [1.82, 2.24) is 10.3 Å². The van der Waals surface area contributed by atoms with Crippen molar-refractivity contribution < 1.29 is 4.79 Å². The molecule has 3 nitrogen and oxygen atoms in total. The second-order valence-electron chi connectivity index (χ2n) is 6.54. The maximum absolute atomic E-state index is 12.4. The molecule has 1 aromatic carbocycles. The first-order valence-corrected chi connectivity index (χ1v) is 7.70. The lowest BCUT2D eigenvalue weighted by Crippen LogP contribution is -2.41. The Morgan fingerprint density at radius 3 is 2.14 bits per heavy atom. The molecule has 116 valence electrons. The number of aromatic nitrogens is 1. The van der Waals surface area contributed by atoms with Crippen LogP contribution >= 0.6 is 0 Å². The summed E-state index contributed by atoms with van der Waals surface area (Å²) in [6, 6.07) is 12.1. The third-order valence-electron chi connectivity index (χ3n) is 3.86. The summed E-state index contributed by atoms with van der Waals surface area (Å²) in [5, 5.41) is 3.02. The molecule has 0 spiro atoms. The van der Waals surface area contributed by atoms with Gasteiger partial charge in [-0.2, -0.15) is 0 Å². The van der Waals surface area contributed by atoms with Crippen LogP contribution in [0.25, 0.3) is 11.1 Å². The Kier molecular flexibility index (Phi) is 4.96. The minimum Gasteiger partial charge on any atom is -0.355 e. The van der Waals surface area contributed by atoms with Crippen LogP contribution in [-0.4, -0.2) is 17.4 Å². The zero-order valence-corrected chi connectivity index (χ0v) is 13.8. The molecule has 2 rings (SSSR count). The molecule has 0 unspecified atom stereocenters. The van der Waals surface area contributed by atoms with Crippen LogP contribution in [0.15, 0.2) is 48.8 Å². The molecule has 22 heavy (non-hydrogen) atoms. The summed E-state index contributed by atoms with van der Waals surface area (Å²) in [5.41, 5.74) is 2.74. The number of hydrogen-bond donors (Lipinski definition) is 1. The SMILES string of the molecule is CC(C)CNC(=O)C(C)(C)c1ccc(-c2ccncc2)cc1. The highest BCUT2D eigenvalue weighted by Crippen LogP contribution is 2.26. The number of carbonyl (C=O) groups excluding carboxylic acids is 1. The van der Waals surface area contributed by atoms with Crippen LogP contribution in [-0.2, 0) is 10.2 Å². The summed E-state index contributed by atoms with van der Waals surface area (Å²) in [4.78, 5) is 16.4. The Morgan fingerprint density at radius 1 is 1.05 bits per heavy atom. The number of nitrogens with zero attached hydrogens (tertiary/aromatic N) is 1. The lowest BCUT2D eigenvalue weighted by atomic mass is 9.83. The first kappa shape index (κ1) is 16.2. The lowest BCUT2D eigenvalue weighted by molar-refractivity contribution is -0.125. The Morgan fingerprint density at radius 2 is 1.59 bits per heavy atom. The van der Waals surface area contributed by atoms with Crippen LogP contribution < -0.4 is 5.32 Å². The van der Waals surface area contributed by atoms with Crippen molar-refractivity contribution in [3.8, 4) is 11.1 Å². The monoisotopic (exact) mass is 296 g/mol. The zero-order chi connectivity index (χ0) is 16.2. The minimum absolute atomic E-state index is 0.0675. The van der Waals surface area contributed by atoms with Gasteiger partial charge in [0.2, 0.25) is 5.91 Å². The highest BCUT2D eigenvalue weighted by atomic mass is 16.2. The summed E-state index contributed by atoms with van der Waals surface area (Å²) >= 11 is 0. The van der Waals surface area contributed by atoms with E-state index in [4.69, 9.17) is 0 Å². The van der Waals surface area contributed by atoms with E-state index in [0.717, 1.165) is 16.7 Å². The van der Waals surface area contributed by atoms with Crippen molar-refractivity contribution in [1.29, 1.82) is 0 Å². The fourth-order valence-corrected chi connectivity index (χ4v) is 2.27. The Labute approximate surface area is 132 Å². The lowest BCUT2D eigenvalue weighted by Gasteiger charge is -2.25. The van der Waals surface area contributed by atoms with E-state index >= 15 is 0 Å². The average Bonchev–Trinajstić information content (AvgIpc) is 2.53. The number of benzene rings is 1. The van der Waals surface area contributed by atoms with Crippen molar-refractivity contribution in [2.24, 2.45) is 5.92 Å². The van der Waals surface area contributed by atoms with Gasteiger partial charge in [-0.15, -0.1) is 0 Å². The van der Waals surface area contributed by atoms with E-state index in [1.54, 1.807) is 12.4 Å². The molecule has 3 heteroatoms. The van der Waals surface area contributed by atoms with E-state index < -0.39 is 5.41 Å². The van der Waals surface area contributed by atoms with Crippen LogP contribution in [0.1, 0.15) is 33.3 Å². The summed E-state index contributed by atoms with van der Waals surface area (Å²) in [6.45, 7) is 8.82. The molecular weight excluding hydrogens is 272 g/mol. The highest BCUT2D eigenvalue weighted by molar-refractivity contribution is 5.87. The fourth-order valence-electron chi connectivity index (χ4n) is 2.27. The van der Waals surface area contributed by atoms with Crippen molar-refractivity contribution in [2.75, 3.05) is 6.54 Å². The van der Waals surface area contributed by atoms with E-state index in [1.165, 1.54) is 0 Å². The van der Waals surface area contributed by atoms with E-state index in [9.17, 15) is 4.79 Å². The molecule has 0 saturated carbocycles. The van der Waals surface area contributed by atoms with Gasteiger partial charge < -0.3 is 5.32 Å². The van der Waals surface area contributed by atoms with Crippen LogP contribution in [0.3, 0.4) is 0 Å². The molecule has 0 aliphatic carbocycles. The fraction of sp³-hybridized carbons (Fsp3) is 0.368. The van der Waals surface area contributed by atoms with Crippen LogP contribution in [0.2, 0.25) is 0 Å². The van der Waals surface area contributed by atoms with Gasteiger partial charge in [0.25, 0.3) is 0 Å². The Bertz CT molecular complexity index is 616. The zero-order valence-electron chi connectivity index (χ0n) is 13.8. The number of rotatable bonds is 5.